The molecule has 0 spiro atoms. The minimum absolute atomic E-state index is 0.00568. The van der Waals surface area contributed by atoms with E-state index in [2.05, 4.69) is 46.6 Å². The Kier molecular flexibility index (Phi) is 10.9. The van der Waals surface area contributed by atoms with Crippen molar-refractivity contribution in [2.75, 3.05) is 36.2 Å². The molecule has 2 fully saturated rings. The summed E-state index contributed by atoms with van der Waals surface area (Å²) in [6.07, 6.45) is -6.44. The fourth-order valence-electron chi connectivity index (χ4n) is 5.88. The largest absolute Gasteiger partial charge is 0.479 e. The van der Waals surface area contributed by atoms with Crippen molar-refractivity contribution >= 4 is 68.5 Å². The molecule has 3 aliphatic heterocycles. The van der Waals surface area contributed by atoms with Gasteiger partial charge < -0.3 is 60.6 Å². The topological polar surface area (TPSA) is 383 Å². The molecule has 3 aromatic rings. The lowest BCUT2D eigenvalue weighted by Gasteiger charge is -2.23. The summed E-state index contributed by atoms with van der Waals surface area (Å²) in [7, 11) is -10.9. The fraction of sp³-hybridized carbons (Fsp3) is 0.500. The highest BCUT2D eigenvalue weighted by atomic mass is 32.5. The Morgan fingerprint density at radius 3 is 2.11 bits per heavy atom. The number of phosphoric acid groups is 2. The molecule has 0 radical (unpaired) electrons. The highest BCUT2D eigenvalue weighted by molar-refractivity contribution is 8.09. The van der Waals surface area contributed by atoms with E-state index in [0.29, 0.717) is 5.57 Å². The number of ether oxygens (including phenoxy) is 2. The van der Waals surface area contributed by atoms with Crippen molar-refractivity contribution in [1.82, 2.24) is 24.5 Å². The monoisotopic (exact) mass is 829 g/mol. The van der Waals surface area contributed by atoms with Crippen LogP contribution in [0.5, 0.6) is 0 Å². The van der Waals surface area contributed by atoms with Gasteiger partial charge in [0.25, 0.3) is 5.56 Å². The summed E-state index contributed by atoms with van der Waals surface area (Å²) in [4.78, 5) is 69.3. The van der Waals surface area contributed by atoms with E-state index in [0.717, 1.165) is 0 Å². The normalized spacial score (nSPS) is 30.4. The SMILES string of the molecule is CC1=[C+]N([C@@H]2O[C@H](COP(=O)(O)OP(O)(=S)OP(=O)(O)OC[C@H]3O[C@@H](n4ccc5c(=O)[nH]c(N)nc54)[C@@H](O)C3O)C(O)C2CO)c2nc(N)[nH]c(=O)c21. The molecule has 6 heterocycles. The van der Waals surface area contributed by atoms with Crippen molar-refractivity contribution < 1.29 is 71.4 Å². The highest BCUT2D eigenvalue weighted by Gasteiger charge is 2.53. The molecule has 290 valence electrons. The number of nitrogens with one attached hydrogen (secondary N) is 2. The van der Waals surface area contributed by atoms with Gasteiger partial charge in [-0.2, -0.15) is 4.98 Å². The van der Waals surface area contributed by atoms with Gasteiger partial charge in [0.1, 0.15) is 30.6 Å². The number of aromatic amines is 2. The minimum atomic E-state index is -5.47. The molecule has 2 saturated heterocycles. The van der Waals surface area contributed by atoms with Gasteiger partial charge >= 0.3 is 33.7 Å². The minimum Gasteiger partial charge on any atom is -0.396 e. The Hall–Kier alpha value is -3.06. The molecule has 29 heteroatoms. The molecular formula is C24H32N8O17P3S+. The molecule has 3 aliphatic rings. The molecule has 13 N–H and O–H groups in total. The Balaban J connectivity index is 1.05. The van der Waals surface area contributed by atoms with E-state index in [9.17, 15) is 53.8 Å². The van der Waals surface area contributed by atoms with Gasteiger partial charge in [-0.25, -0.2) is 17.8 Å². The lowest BCUT2D eigenvalue weighted by Crippen LogP contribution is -2.40. The van der Waals surface area contributed by atoms with Gasteiger partial charge in [-0.15, -0.1) is 9.88 Å². The number of hydrogen-bond donors (Lipinski definition) is 11. The van der Waals surface area contributed by atoms with E-state index in [4.69, 9.17) is 30.0 Å². The average Bonchev–Trinajstić information content (AvgIpc) is 3.77. The summed E-state index contributed by atoms with van der Waals surface area (Å²) < 4.78 is 56.3. The van der Waals surface area contributed by atoms with E-state index in [1.54, 1.807) is 6.92 Å². The Bertz CT molecular complexity index is 2200. The number of nitrogen functional groups attached to an aromatic ring is 2. The van der Waals surface area contributed by atoms with Gasteiger partial charge in [-0.3, -0.25) is 28.6 Å². The van der Waals surface area contributed by atoms with Crippen molar-refractivity contribution in [3.05, 3.63) is 44.7 Å². The van der Waals surface area contributed by atoms with Crippen molar-refractivity contribution in [2.45, 2.75) is 49.9 Å². The van der Waals surface area contributed by atoms with Crippen molar-refractivity contribution in [2.24, 2.45) is 5.92 Å². The standard InChI is InChI=1S/C24H31N8O17P3S/c1-8-4-32(18-13(8)20(38)30-24(26)28-18)21-10(5-33)14(34)11(46-21)6-44-50(39,40)48-52(43,53)49-51(41,42)45-7-12-15(35)16(36)22(47-12)31-3-2-9-17(31)27-23(25)29-19(9)37/h2-3,10-12,14-16,21-22,33-36H,5-7H2,1H3,(H8-,25,26,27,28,29,30,37,38,39,40,41,42,43,53)/p+1/t10?,11-,12-,14?,15?,16+,21-,22-,52?/m1/s1. The lowest BCUT2D eigenvalue weighted by molar-refractivity contribution is -0.0499. The number of anilines is 3. The second kappa shape index (κ2) is 14.5. The van der Waals surface area contributed by atoms with Crippen LogP contribution in [-0.2, 0) is 48.1 Å². The molecule has 0 saturated carbocycles. The number of aliphatic hydroxyl groups excluding tert-OH is 4. The molecule has 53 heavy (non-hydrogen) atoms. The molecule has 0 amide bonds. The van der Waals surface area contributed by atoms with E-state index >= 15 is 0 Å². The van der Waals surface area contributed by atoms with Crippen LogP contribution in [0.3, 0.4) is 0 Å². The molecule has 6 unspecified atom stereocenters. The van der Waals surface area contributed by atoms with Gasteiger partial charge in [0.15, 0.2) is 23.7 Å². The van der Waals surface area contributed by atoms with E-state index in [1.807, 2.05) is 0 Å². The number of aliphatic hydroxyl groups is 4. The van der Waals surface area contributed by atoms with Crippen LogP contribution < -0.4 is 27.5 Å². The smallest absolute Gasteiger partial charge is 0.396 e. The summed E-state index contributed by atoms with van der Waals surface area (Å²) in [5.74, 6) is -1.59. The second-order valence-corrected chi connectivity index (χ2v) is 17.8. The molecule has 0 aromatic carbocycles. The number of nitrogens with two attached hydrogens (primary N) is 2. The summed E-state index contributed by atoms with van der Waals surface area (Å²) in [6, 6.07) is 1.34. The molecule has 3 aromatic heterocycles. The summed E-state index contributed by atoms with van der Waals surface area (Å²) in [5, 5.41) is 42.0. The zero-order valence-electron chi connectivity index (χ0n) is 26.8. The van der Waals surface area contributed by atoms with Crippen molar-refractivity contribution in [3.63, 3.8) is 0 Å². The zero-order valence-corrected chi connectivity index (χ0v) is 30.3. The van der Waals surface area contributed by atoms with Crippen LogP contribution in [-0.4, -0.2) is 116 Å². The first-order valence-corrected chi connectivity index (χ1v) is 20.6. The zero-order chi connectivity index (χ0) is 38.8. The van der Waals surface area contributed by atoms with E-state index in [-0.39, 0.29) is 34.3 Å². The first kappa shape index (κ1) is 39.6. The number of rotatable bonds is 13. The molecule has 0 aliphatic carbocycles. The summed E-state index contributed by atoms with van der Waals surface area (Å²) in [6.45, 7) is -6.22. The molecule has 6 rings (SSSR count). The fourth-order valence-corrected chi connectivity index (χ4v) is 10.9. The van der Waals surface area contributed by atoms with Crippen LogP contribution in [0.25, 0.3) is 16.6 Å². The highest BCUT2D eigenvalue weighted by Crippen LogP contribution is 2.68. The van der Waals surface area contributed by atoms with E-state index < -0.39 is 102 Å². The Labute approximate surface area is 300 Å². The number of allylic oxidation sites excluding steroid dienone is 1. The van der Waals surface area contributed by atoms with Crippen LogP contribution in [0.2, 0.25) is 0 Å². The van der Waals surface area contributed by atoms with Crippen molar-refractivity contribution in [1.29, 1.82) is 0 Å². The third kappa shape index (κ3) is 8.02. The number of fused-ring (bicyclic) bond motifs is 2. The van der Waals surface area contributed by atoms with Crippen molar-refractivity contribution in [3.8, 4) is 0 Å². The first-order valence-electron chi connectivity index (χ1n) is 15.0. The second-order valence-electron chi connectivity index (χ2n) is 11.8. The predicted molar refractivity (Wildman–Crippen MR) is 180 cm³/mol. The number of hydrogen-bond acceptors (Lipinski definition) is 20. The molecular weight excluding hydrogens is 797 g/mol. The number of aromatic nitrogens is 5. The van der Waals surface area contributed by atoms with Gasteiger partial charge in [-0.05, 0) is 24.8 Å². The molecule has 11 atom stereocenters. The quantitative estimate of drug-likeness (QED) is 0.0624. The Morgan fingerprint density at radius 1 is 0.925 bits per heavy atom. The van der Waals surface area contributed by atoms with E-state index in [1.165, 1.54) is 21.7 Å². The van der Waals surface area contributed by atoms with Gasteiger partial charge in [-0.1, -0.05) is 0 Å². The molecule has 0 bridgehead atoms. The maximum absolute atomic E-state index is 12.7. The maximum atomic E-state index is 12.7. The van der Waals surface area contributed by atoms with Crippen LogP contribution >= 0.6 is 22.4 Å². The number of nitrogens with zero attached hydrogens (tertiary/aromatic N) is 4. The summed E-state index contributed by atoms with van der Waals surface area (Å²) in [5.41, 5.74) is 10.5. The van der Waals surface area contributed by atoms with Crippen LogP contribution in [0.4, 0.5) is 17.7 Å². The average molecular weight is 830 g/mol. The lowest BCUT2D eigenvalue weighted by atomic mass is 10.0. The van der Waals surface area contributed by atoms with Crippen LogP contribution in [0, 0.1) is 12.1 Å². The van der Waals surface area contributed by atoms with Gasteiger partial charge in [0, 0.05) is 6.20 Å². The maximum Gasteiger partial charge on any atom is 0.479 e. The van der Waals surface area contributed by atoms with Gasteiger partial charge in [0.2, 0.25) is 17.5 Å². The molecule has 25 nitrogen and oxygen atoms in total. The van der Waals surface area contributed by atoms with Crippen LogP contribution in [0.15, 0.2) is 21.9 Å². The Morgan fingerprint density at radius 2 is 1.49 bits per heavy atom. The van der Waals surface area contributed by atoms with Gasteiger partial charge in [0.05, 0.1) is 37.2 Å². The predicted octanol–water partition coefficient (Wildman–Crippen LogP) is -2.55. The third-order valence-electron chi connectivity index (χ3n) is 8.20. The summed E-state index contributed by atoms with van der Waals surface area (Å²) >= 11 is 4.59. The first-order chi connectivity index (χ1) is 24.7. The number of phosphoric ester groups is 2. The van der Waals surface area contributed by atoms with Crippen LogP contribution in [0.1, 0.15) is 18.7 Å². The third-order valence-corrected chi connectivity index (χ3v) is 13.7. The number of H-pyrrole nitrogens is 2.